The number of allylic oxidation sites excluding steroid dienone is 2. The summed E-state index contributed by atoms with van der Waals surface area (Å²) in [5, 5.41) is 9.13. The normalized spacial score (nSPS) is 16.8. The fourth-order valence-corrected chi connectivity index (χ4v) is 2.65. The van der Waals surface area contributed by atoms with Crippen molar-refractivity contribution in [2.45, 2.75) is 20.8 Å². The fourth-order valence-electron chi connectivity index (χ4n) is 2.30. The molecule has 4 nitrogen and oxygen atoms in total. The minimum Gasteiger partial charge on any atom is -0.481 e. The molecule has 1 atom stereocenters. The Labute approximate surface area is 127 Å². The van der Waals surface area contributed by atoms with Gasteiger partial charge in [0.15, 0.2) is 5.78 Å². The molecule has 0 aliphatic heterocycles. The van der Waals surface area contributed by atoms with Crippen molar-refractivity contribution in [3.63, 3.8) is 0 Å². The van der Waals surface area contributed by atoms with Crippen LogP contribution >= 0.6 is 11.6 Å². The lowest BCUT2D eigenvalue weighted by Crippen LogP contribution is -2.36. The number of hydrogen-bond donors (Lipinski definition) is 1. The van der Waals surface area contributed by atoms with E-state index in [4.69, 9.17) is 11.6 Å². The van der Waals surface area contributed by atoms with Crippen LogP contribution in [-0.4, -0.2) is 22.6 Å². The summed E-state index contributed by atoms with van der Waals surface area (Å²) in [5.41, 5.74) is -0.600. The predicted molar refractivity (Wildman–Crippen MR) is 78.6 cm³/mol. The average Bonchev–Trinajstić information content (AvgIpc) is 2.44. The molecule has 5 heteroatoms. The van der Waals surface area contributed by atoms with Crippen molar-refractivity contribution in [2.24, 2.45) is 11.3 Å². The molecular weight excluding hydrogens is 292 g/mol. The summed E-state index contributed by atoms with van der Waals surface area (Å²) >= 11 is 6.08. The Morgan fingerprint density at radius 3 is 2.10 bits per heavy atom. The Balaban J connectivity index is 2.60. The maximum absolute atomic E-state index is 12.6. The van der Waals surface area contributed by atoms with Crippen LogP contribution in [0.5, 0.6) is 0 Å². The third-order valence-corrected chi connectivity index (χ3v) is 4.54. The van der Waals surface area contributed by atoms with Crippen molar-refractivity contribution >= 4 is 29.1 Å². The number of carboxylic acid groups (broad SMARTS) is 1. The van der Waals surface area contributed by atoms with Gasteiger partial charge in [-0.2, -0.15) is 0 Å². The Kier molecular flexibility index (Phi) is 3.76. The van der Waals surface area contributed by atoms with E-state index in [1.807, 2.05) is 0 Å². The molecule has 0 radical (unpaired) electrons. The molecule has 0 spiro atoms. The van der Waals surface area contributed by atoms with Crippen LogP contribution in [-0.2, 0) is 4.79 Å². The first-order chi connectivity index (χ1) is 9.69. The Bertz CT molecular complexity index is 685. The minimum absolute atomic E-state index is 0.0766. The summed E-state index contributed by atoms with van der Waals surface area (Å²) in [7, 11) is 0. The van der Waals surface area contributed by atoms with Crippen LogP contribution in [0.25, 0.3) is 0 Å². The number of fused-ring (bicyclic) bond motifs is 1. The van der Waals surface area contributed by atoms with Gasteiger partial charge in [-0.05, 0) is 13.8 Å². The highest BCUT2D eigenvalue weighted by Crippen LogP contribution is 2.40. The van der Waals surface area contributed by atoms with E-state index in [9.17, 15) is 19.5 Å². The smallest absolute Gasteiger partial charge is 0.309 e. The Hall–Kier alpha value is -1.94. The van der Waals surface area contributed by atoms with Crippen molar-refractivity contribution in [2.75, 3.05) is 0 Å². The lowest BCUT2D eigenvalue weighted by Gasteiger charge is -2.31. The van der Waals surface area contributed by atoms with E-state index in [2.05, 4.69) is 0 Å². The SMILES string of the molecule is CC(C1=C(Cl)C(=O)c2ccccc2C1=O)C(C)(C)C(=O)O. The quantitative estimate of drug-likeness (QED) is 0.930. The van der Waals surface area contributed by atoms with Gasteiger partial charge >= 0.3 is 5.97 Å². The van der Waals surface area contributed by atoms with Crippen LogP contribution in [0, 0.1) is 11.3 Å². The molecule has 2 rings (SSSR count). The van der Waals surface area contributed by atoms with E-state index in [-0.39, 0.29) is 27.5 Å². The summed E-state index contributed by atoms with van der Waals surface area (Å²) < 4.78 is 0. The molecule has 0 aromatic heterocycles. The van der Waals surface area contributed by atoms with Crippen LogP contribution in [0.1, 0.15) is 41.5 Å². The standard InChI is InChI=1S/C16H15ClO4/c1-8(16(2,3)15(20)21)11-12(17)14(19)10-7-5-4-6-9(10)13(11)18/h4-8H,1-3H3,(H,20,21). The van der Waals surface area contributed by atoms with Gasteiger partial charge in [-0.25, -0.2) is 0 Å². The van der Waals surface area contributed by atoms with E-state index in [0.29, 0.717) is 0 Å². The van der Waals surface area contributed by atoms with Crippen molar-refractivity contribution in [3.05, 3.63) is 46.0 Å². The number of benzene rings is 1. The molecule has 0 bridgehead atoms. The molecule has 0 saturated carbocycles. The van der Waals surface area contributed by atoms with Gasteiger partial charge in [0, 0.05) is 22.6 Å². The number of carbonyl (C=O) groups is 3. The summed E-state index contributed by atoms with van der Waals surface area (Å²) in [6.45, 7) is 4.62. The Morgan fingerprint density at radius 2 is 1.62 bits per heavy atom. The molecule has 1 aromatic carbocycles. The molecule has 1 N–H and O–H groups in total. The molecule has 0 heterocycles. The van der Waals surface area contributed by atoms with Crippen LogP contribution < -0.4 is 0 Å². The van der Waals surface area contributed by atoms with Gasteiger partial charge in [-0.3, -0.25) is 14.4 Å². The number of carbonyl (C=O) groups excluding carboxylic acids is 2. The van der Waals surface area contributed by atoms with E-state index >= 15 is 0 Å². The minimum atomic E-state index is -1.21. The lowest BCUT2D eigenvalue weighted by atomic mass is 9.71. The molecule has 110 valence electrons. The monoisotopic (exact) mass is 306 g/mol. The number of halogens is 1. The number of hydrogen-bond acceptors (Lipinski definition) is 3. The molecule has 1 unspecified atom stereocenters. The predicted octanol–water partition coefficient (Wildman–Crippen LogP) is 3.31. The fraction of sp³-hybridized carbons (Fsp3) is 0.312. The third kappa shape index (κ3) is 2.29. The highest BCUT2D eigenvalue weighted by molar-refractivity contribution is 6.50. The van der Waals surface area contributed by atoms with Gasteiger partial charge in [-0.1, -0.05) is 42.8 Å². The lowest BCUT2D eigenvalue weighted by molar-refractivity contribution is -0.148. The van der Waals surface area contributed by atoms with Crippen LogP contribution in [0.15, 0.2) is 34.9 Å². The first kappa shape index (κ1) is 15.4. The van der Waals surface area contributed by atoms with Gasteiger partial charge in [-0.15, -0.1) is 0 Å². The number of ketones is 2. The molecule has 1 aliphatic rings. The van der Waals surface area contributed by atoms with Crippen molar-refractivity contribution in [1.82, 2.24) is 0 Å². The van der Waals surface area contributed by atoms with Gasteiger partial charge in [0.2, 0.25) is 5.78 Å². The molecule has 21 heavy (non-hydrogen) atoms. The maximum atomic E-state index is 12.6. The van der Waals surface area contributed by atoms with E-state index in [1.54, 1.807) is 31.2 Å². The molecule has 1 aliphatic carbocycles. The molecule has 0 fully saturated rings. The molecule has 0 saturated heterocycles. The third-order valence-electron chi connectivity index (χ3n) is 4.16. The first-order valence-corrected chi connectivity index (χ1v) is 6.88. The summed E-state index contributed by atoms with van der Waals surface area (Å²) in [6, 6.07) is 6.42. The van der Waals surface area contributed by atoms with Crippen molar-refractivity contribution < 1.29 is 19.5 Å². The second-order valence-electron chi connectivity index (χ2n) is 5.68. The zero-order valence-corrected chi connectivity index (χ0v) is 12.7. The molecule has 1 aromatic rings. The number of aliphatic carboxylic acids is 1. The summed E-state index contributed by atoms with van der Waals surface area (Å²) in [5.74, 6) is -2.55. The second kappa shape index (κ2) is 5.11. The van der Waals surface area contributed by atoms with Gasteiger partial charge in [0.25, 0.3) is 0 Å². The highest BCUT2D eigenvalue weighted by Gasteiger charge is 2.42. The second-order valence-corrected chi connectivity index (χ2v) is 6.06. The van der Waals surface area contributed by atoms with Gasteiger partial charge in [0.1, 0.15) is 0 Å². The van der Waals surface area contributed by atoms with Gasteiger partial charge in [0.05, 0.1) is 10.4 Å². The summed E-state index contributed by atoms with van der Waals surface area (Å²) in [6.07, 6.45) is 0. The zero-order chi connectivity index (χ0) is 15.9. The van der Waals surface area contributed by atoms with Crippen molar-refractivity contribution in [3.8, 4) is 0 Å². The molecule has 0 amide bonds. The van der Waals surface area contributed by atoms with E-state index in [0.717, 1.165) is 0 Å². The summed E-state index contributed by atoms with van der Waals surface area (Å²) in [4.78, 5) is 36.3. The van der Waals surface area contributed by atoms with Gasteiger partial charge < -0.3 is 5.11 Å². The zero-order valence-electron chi connectivity index (χ0n) is 11.9. The van der Waals surface area contributed by atoms with E-state index < -0.39 is 23.1 Å². The molecular formula is C16H15ClO4. The topological polar surface area (TPSA) is 71.4 Å². The van der Waals surface area contributed by atoms with Crippen LogP contribution in [0.2, 0.25) is 0 Å². The van der Waals surface area contributed by atoms with Crippen LogP contribution in [0.4, 0.5) is 0 Å². The Morgan fingerprint density at radius 1 is 1.14 bits per heavy atom. The average molecular weight is 307 g/mol. The first-order valence-electron chi connectivity index (χ1n) is 6.51. The van der Waals surface area contributed by atoms with Crippen LogP contribution in [0.3, 0.4) is 0 Å². The highest BCUT2D eigenvalue weighted by atomic mass is 35.5. The number of carboxylic acids is 1. The maximum Gasteiger partial charge on any atom is 0.309 e. The van der Waals surface area contributed by atoms with Crippen molar-refractivity contribution in [1.29, 1.82) is 0 Å². The van der Waals surface area contributed by atoms with E-state index in [1.165, 1.54) is 13.8 Å². The largest absolute Gasteiger partial charge is 0.481 e. The number of Topliss-reactive ketones (excluding diaryl/α,β-unsaturated/α-hetero) is 2. The number of rotatable bonds is 3.